The molecule has 3 saturated heterocycles. The van der Waals surface area contributed by atoms with Gasteiger partial charge in [0.2, 0.25) is 0 Å². The predicted octanol–water partition coefficient (Wildman–Crippen LogP) is 2.25. The molecule has 1 aromatic rings. The maximum Gasteiger partial charge on any atom is 0.273 e. The van der Waals surface area contributed by atoms with E-state index in [9.17, 15) is 4.79 Å². The topological polar surface area (TPSA) is 45.7 Å². The van der Waals surface area contributed by atoms with Crippen LogP contribution in [0.4, 0.5) is 0 Å². The maximum atomic E-state index is 12.6. The van der Waals surface area contributed by atoms with Gasteiger partial charge in [0.15, 0.2) is 0 Å². The van der Waals surface area contributed by atoms with Crippen molar-refractivity contribution in [2.75, 3.05) is 39.4 Å². The molecule has 1 unspecified atom stereocenters. The lowest BCUT2D eigenvalue weighted by atomic mass is 9.79. The second kappa shape index (κ2) is 6.49. The van der Waals surface area contributed by atoms with Gasteiger partial charge in [-0.15, -0.1) is 11.3 Å². The smallest absolute Gasteiger partial charge is 0.273 e. The molecule has 6 heteroatoms. The van der Waals surface area contributed by atoms with E-state index in [1.54, 1.807) is 5.51 Å². The number of piperidine rings is 1. The molecular formula is C17H25N3O2S. The van der Waals surface area contributed by atoms with E-state index in [2.05, 4.69) is 9.88 Å². The molecule has 1 amide bonds. The summed E-state index contributed by atoms with van der Waals surface area (Å²) in [5.74, 6) is 0.120. The van der Waals surface area contributed by atoms with Crippen LogP contribution in [0.2, 0.25) is 0 Å². The van der Waals surface area contributed by atoms with Gasteiger partial charge >= 0.3 is 0 Å². The summed E-state index contributed by atoms with van der Waals surface area (Å²) in [4.78, 5) is 21.5. The van der Waals surface area contributed by atoms with Crippen molar-refractivity contribution in [3.8, 4) is 0 Å². The average Bonchev–Trinajstić information content (AvgIpc) is 3.26. The molecule has 4 rings (SSSR count). The summed E-state index contributed by atoms with van der Waals surface area (Å²) in [6.07, 6.45) is 5.94. The van der Waals surface area contributed by atoms with E-state index in [0.29, 0.717) is 17.2 Å². The van der Waals surface area contributed by atoms with E-state index in [0.717, 1.165) is 52.1 Å². The van der Waals surface area contributed by atoms with Gasteiger partial charge in [-0.3, -0.25) is 9.69 Å². The molecule has 4 heterocycles. The molecule has 23 heavy (non-hydrogen) atoms. The van der Waals surface area contributed by atoms with Crippen LogP contribution in [0.1, 0.15) is 42.6 Å². The van der Waals surface area contributed by atoms with Crippen LogP contribution in [0.15, 0.2) is 10.9 Å². The van der Waals surface area contributed by atoms with E-state index in [-0.39, 0.29) is 5.91 Å². The number of hydrogen-bond donors (Lipinski definition) is 0. The Bertz CT molecular complexity index is 544. The number of amides is 1. The van der Waals surface area contributed by atoms with Gasteiger partial charge in [-0.05, 0) is 38.6 Å². The van der Waals surface area contributed by atoms with Crippen molar-refractivity contribution >= 4 is 17.2 Å². The molecule has 1 aromatic heterocycles. The summed E-state index contributed by atoms with van der Waals surface area (Å²) in [5, 5.41) is 1.87. The quantitative estimate of drug-likeness (QED) is 0.832. The standard InChI is InChI=1S/C17H25N3O2S/c21-16(15-10-23-13-18-15)20-6-1-4-17(12-20)5-7-19(11-17)14-2-8-22-9-3-14/h10,13-14H,1-9,11-12H2. The number of thiazole rings is 1. The zero-order valence-corrected chi connectivity index (χ0v) is 14.4. The Morgan fingerprint density at radius 1 is 1.26 bits per heavy atom. The summed E-state index contributed by atoms with van der Waals surface area (Å²) in [7, 11) is 0. The molecule has 126 valence electrons. The van der Waals surface area contributed by atoms with Gasteiger partial charge in [0.25, 0.3) is 5.91 Å². The van der Waals surface area contributed by atoms with Crippen LogP contribution in [0.3, 0.4) is 0 Å². The van der Waals surface area contributed by atoms with Crippen molar-refractivity contribution in [1.82, 2.24) is 14.8 Å². The number of nitrogens with zero attached hydrogens (tertiary/aromatic N) is 3. The molecule has 0 aromatic carbocycles. The van der Waals surface area contributed by atoms with Gasteiger partial charge in [-0.2, -0.15) is 0 Å². The molecule has 0 aliphatic carbocycles. The molecular weight excluding hydrogens is 310 g/mol. The first-order valence-electron chi connectivity index (χ1n) is 8.75. The van der Waals surface area contributed by atoms with E-state index in [1.807, 2.05) is 10.3 Å². The van der Waals surface area contributed by atoms with Crippen LogP contribution in [0, 0.1) is 5.41 Å². The molecule has 5 nitrogen and oxygen atoms in total. The van der Waals surface area contributed by atoms with Crippen molar-refractivity contribution < 1.29 is 9.53 Å². The van der Waals surface area contributed by atoms with E-state index >= 15 is 0 Å². The van der Waals surface area contributed by atoms with E-state index < -0.39 is 0 Å². The first-order valence-corrected chi connectivity index (χ1v) is 9.69. The average molecular weight is 335 g/mol. The first-order chi connectivity index (χ1) is 11.3. The summed E-state index contributed by atoms with van der Waals surface area (Å²) in [6, 6.07) is 0.688. The van der Waals surface area contributed by atoms with Crippen LogP contribution in [-0.4, -0.2) is 66.1 Å². The molecule has 0 radical (unpaired) electrons. The van der Waals surface area contributed by atoms with Gasteiger partial charge in [-0.1, -0.05) is 0 Å². The van der Waals surface area contributed by atoms with Crippen LogP contribution >= 0.6 is 11.3 Å². The largest absolute Gasteiger partial charge is 0.381 e. The zero-order chi connectivity index (χ0) is 15.7. The van der Waals surface area contributed by atoms with Crippen LogP contribution in [-0.2, 0) is 4.74 Å². The molecule has 1 atom stereocenters. The Hall–Kier alpha value is -0.980. The lowest BCUT2D eigenvalue weighted by Crippen LogP contribution is -2.48. The minimum absolute atomic E-state index is 0.120. The van der Waals surface area contributed by atoms with Crippen LogP contribution in [0.25, 0.3) is 0 Å². The Kier molecular flexibility index (Phi) is 4.39. The van der Waals surface area contributed by atoms with E-state index in [1.165, 1.54) is 30.7 Å². The number of aromatic nitrogens is 1. The Morgan fingerprint density at radius 2 is 2.13 bits per heavy atom. The molecule has 1 spiro atoms. The Labute approximate surface area is 141 Å². The van der Waals surface area contributed by atoms with Gasteiger partial charge in [0.1, 0.15) is 5.69 Å². The van der Waals surface area contributed by atoms with E-state index in [4.69, 9.17) is 4.74 Å². The second-order valence-corrected chi connectivity index (χ2v) is 7.99. The maximum absolute atomic E-state index is 12.6. The van der Waals surface area contributed by atoms with Crippen LogP contribution in [0.5, 0.6) is 0 Å². The first kappa shape index (κ1) is 15.5. The fraction of sp³-hybridized carbons (Fsp3) is 0.765. The fourth-order valence-electron chi connectivity index (χ4n) is 4.53. The van der Waals surface area contributed by atoms with Gasteiger partial charge in [0.05, 0.1) is 5.51 Å². The van der Waals surface area contributed by atoms with Crippen molar-refractivity contribution in [2.45, 2.75) is 38.1 Å². The van der Waals surface area contributed by atoms with Crippen LogP contribution < -0.4 is 0 Å². The summed E-state index contributed by atoms with van der Waals surface area (Å²) < 4.78 is 5.50. The predicted molar refractivity (Wildman–Crippen MR) is 89.7 cm³/mol. The number of carbonyl (C=O) groups excluding carboxylic acids is 1. The molecule has 3 fully saturated rings. The minimum atomic E-state index is 0.120. The summed E-state index contributed by atoms with van der Waals surface area (Å²) in [5.41, 5.74) is 2.67. The minimum Gasteiger partial charge on any atom is -0.381 e. The Morgan fingerprint density at radius 3 is 2.91 bits per heavy atom. The van der Waals surface area contributed by atoms with Crippen molar-refractivity contribution in [2.24, 2.45) is 5.41 Å². The number of ether oxygens (including phenoxy) is 1. The van der Waals surface area contributed by atoms with Crippen molar-refractivity contribution in [3.63, 3.8) is 0 Å². The molecule has 3 aliphatic rings. The summed E-state index contributed by atoms with van der Waals surface area (Å²) in [6.45, 7) is 5.94. The van der Waals surface area contributed by atoms with Crippen molar-refractivity contribution in [3.05, 3.63) is 16.6 Å². The lowest BCUT2D eigenvalue weighted by Gasteiger charge is -2.41. The third kappa shape index (κ3) is 3.16. The van der Waals surface area contributed by atoms with Gasteiger partial charge in [-0.25, -0.2) is 4.98 Å². The third-order valence-corrected chi connectivity index (χ3v) is 6.36. The Balaban J connectivity index is 1.41. The highest BCUT2D eigenvalue weighted by atomic mass is 32.1. The number of likely N-dealkylation sites (tertiary alicyclic amines) is 2. The van der Waals surface area contributed by atoms with Gasteiger partial charge in [0, 0.05) is 49.7 Å². The molecule has 0 bridgehead atoms. The SMILES string of the molecule is O=C(c1cscn1)N1CCCC2(CCN(C3CCOCC3)C2)C1. The highest BCUT2D eigenvalue weighted by Crippen LogP contribution is 2.40. The monoisotopic (exact) mass is 335 g/mol. The molecule has 3 aliphatic heterocycles. The fourth-order valence-corrected chi connectivity index (χ4v) is 5.05. The number of rotatable bonds is 2. The molecule has 0 N–H and O–H groups in total. The summed E-state index contributed by atoms with van der Waals surface area (Å²) >= 11 is 1.50. The van der Waals surface area contributed by atoms with Crippen molar-refractivity contribution in [1.29, 1.82) is 0 Å². The highest BCUT2D eigenvalue weighted by molar-refractivity contribution is 7.07. The third-order valence-electron chi connectivity index (χ3n) is 5.78. The number of hydrogen-bond acceptors (Lipinski definition) is 5. The normalized spacial score (nSPS) is 30.2. The van der Waals surface area contributed by atoms with Gasteiger partial charge < -0.3 is 9.64 Å². The number of carbonyl (C=O) groups is 1. The zero-order valence-electron chi connectivity index (χ0n) is 13.6. The highest BCUT2D eigenvalue weighted by Gasteiger charge is 2.44. The second-order valence-electron chi connectivity index (χ2n) is 7.27. The molecule has 0 saturated carbocycles. The lowest BCUT2D eigenvalue weighted by molar-refractivity contribution is 0.0296.